The van der Waals surface area contributed by atoms with E-state index in [4.69, 9.17) is 9.47 Å². The molecule has 134 valence electrons. The molecular weight excluding hydrogens is 302 g/mol. The number of likely N-dealkylation sites (tertiary alicyclic amines) is 1. The molecule has 3 rings (SSSR count). The first kappa shape index (κ1) is 17.7. The minimum Gasteiger partial charge on any atom is -0.508 e. The first-order chi connectivity index (χ1) is 11.6. The van der Waals surface area contributed by atoms with Crippen molar-refractivity contribution in [2.75, 3.05) is 26.3 Å². The number of benzene rings is 1. The third-order valence-corrected chi connectivity index (χ3v) is 5.65. The minimum absolute atomic E-state index is 0.0147. The van der Waals surface area contributed by atoms with Crippen molar-refractivity contribution in [2.24, 2.45) is 11.8 Å². The molecule has 1 unspecified atom stereocenters. The van der Waals surface area contributed by atoms with E-state index in [0.717, 1.165) is 45.6 Å². The molecule has 2 aliphatic rings. The minimum atomic E-state index is -0.0147. The van der Waals surface area contributed by atoms with E-state index in [1.54, 1.807) is 6.07 Å². The Labute approximate surface area is 145 Å². The summed E-state index contributed by atoms with van der Waals surface area (Å²) < 4.78 is 11.3. The summed E-state index contributed by atoms with van der Waals surface area (Å²) >= 11 is 0. The highest BCUT2D eigenvalue weighted by Crippen LogP contribution is 2.39. The molecular formula is C20H31NO3. The Morgan fingerprint density at radius 3 is 2.75 bits per heavy atom. The van der Waals surface area contributed by atoms with Gasteiger partial charge in [-0.2, -0.15) is 0 Å². The van der Waals surface area contributed by atoms with Gasteiger partial charge < -0.3 is 14.6 Å². The SMILES string of the molecule is C[C@H]1CCN(CCCC2OCCCO2)C(c2cccc(O)c2)[C@@H]1C. The van der Waals surface area contributed by atoms with Gasteiger partial charge in [-0.25, -0.2) is 0 Å². The highest BCUT2D eigenvalue weighted by Gasteiger charge is 2.34. The fourth-order valence-corrected chi connectivity index (χ4v) is 4.05. The molecule has 0 bridgehead atoms. The maximum Gasteiger partial charge on any atom is 0.157 e. The van der Waals surface area contributed by atoms with Gasteiger partial charge in [0, 0.05) is 6.04 Å². The summed E-state index contributed by atoms with van der Waals surface area (Å²) in [5.41, 5.74) is 1.24. The number of rotatable bonds is 5. The van der Waals surface area contributed by atoms with E-state index in [9.17, 15) is 5.11 Å². The maximum atomic E-state index is 9.88. The summed E-state index contributed by atoms with van der Waals surface area (Å²) in [5, 5.41) is 9.88. The molecule has 2 heterocycles. The predicted octanol–water partition coefficient (Wildman–Crippen LogP) is 3.95. The van der Waals surface area contributed by atoms with Gasteiger partial charge in [0.05, 0.1) is 13.2 Å². The second kappa shape index (κ2) is 8.32. The van der Waals surface area contributed by atoms with Crippen LogP contribution in [-0.2, 0) is 9.47 Å². The summed E-state index contributed by atoms with van der Waals surface area (Å²) in [7, 11) is 0. The molecule has 2 saturated heterocycles. The number of ether oxygens (including phenoxy) is 2. The predicted molar refractivity (Wildman–Crippen MR) is 94.9 cm³/mol. The molecule has 0 saturated carbocycles. The smallest absolute Gasteiger partial charge is 0.157 e. The Morgan fingerprint density at radius 1 is 1.21 bits per heavy atom. The van der Waals surface area contributed by atoms with Gasteiger partial charge in [-0.1, -0.05) is 26.0 Å². The lowest BCUT2D eigenvalue weighted by molar-refractivity contribution is -0.182. The molecule has 1 aromatic rings. The van der Waals surface area contributed by atoms with Crippen molar-refractivity contribution in [1.29, 1.82) is 0 Å². The molecule has 2 aliphatic heterocycles. The average molecular weight is 333 g/mol. The van der Waals surface area contributed by atoms with Crippen LogP contribution in [0.4, 0.5) is 0 Å². The summed E-state index contributed by atoms with van der Waals surface area (Å²) in [6, 6.07) is 8.17. The molecule has 3 atom stereocenters. The highest BCUT2D eigenvalue weighted by molar-refractivity contribution is 5.30. The van der Waals surface area contributed by atoms with Gasteiger partial charge in [0.2, 0.25) is 0 Å². The maximum absolute atomic E-state index is 9.88. The number of nitrogens with zero attached hydrogens (tertiary/aromatic N) is 1. The lowest BCUT2D eigenvalue weighted by Gasteiger charge is -2.44. The first-order valence-electron chi connectivity index (χ1n) is 9.41. The van der Waals surface area contributed by atoms with Crippen molar-refractivity contribution in [3.8, 4) is 5.75 Å². The number of phenolic OH excluding ortho intramolecular Hbond substituents is 1. The molecule has 4 heteroatoms. The number of hydrogen-bond acceptors (Lipinski definition) is 4. The van der Waals surface area contributed by atoms with Crippen LogP contribution in [0.15, 0.2) is 24.3 Å². The zero-order valence-corrected chi connectivity index (χ0v) is 15.0. The van der Waals surface area contributed by atoms with E-state index in [2.05, 4.69) is 24.8 Å². The van der Waals surface area contributed by atoms with Gasteiger partial charge in [0.15, 0.2) is 6.29 Å². The Morgan fingerprint density at radius 2 is 2.00 bits per heavy atom. The highest BCUT2D eigenvalue weighted by atomic mass is 16.7. The van der Waals surface area contributed by atoms with Gasteiger partial charge in [-0.15, -0.1) is 0 Å². The van der Waals surface area contributed by atoms with Gasteiger partial charge in [-0.05, 0) is 68.3 Å². The first-order valence-corrected chi connectivity index (χ1v) is 9.41. The van der Waals surface area contributed by atoms with Crippen molar-refractivity contribution in [3.63, 3.8) is 0 Å². The Balaban J connectivity index is 1.63. The van der Waals surface area contributed by atoms with E-state index >= 15 is 0 Å². The molecule has 1 N–H and O–H groups in total. The largest absolute Gasteiger partial charge is 0.508 e. The lowest BCUT2D eigenvalue weighted by atomic mass is 9.79. The zero-order chi connectivity index (χ0) is 16.9. The number of phenols is 1. The van der Waals surface area contributed by atoms with Crippen LogP contribution in [-0.4, -0.2) is 42.6 Å². The van der Waals surface area contributed by atoms with E-state index in [1.807, 2.05) is 12.1 Å². The summed E-state index contributed by atoms with van der Waals surface area (Å²) in [6.07, 6.45) is 4.29. The third kappa shape index (κ3) is 4.29. The lowest BCUT2D eigenvalue weighted by Crippen LogP contribution is -2.42. The van der Waals surface area contributed by atoms with Gasteiger partial charge >= 0.3 is 0 Å². The molecule has 0 aliphatic carbocycles. The van der Waals surface area contributed by atoms with Crippen molar-refractivity contribution >= 4 is 0 Å². The van der Waals surface area contributed by atoms with Crippen LogP contribution in [0.3, 0.4) is 0 Å². The number of hydrogen-bond donors (Lipinski definition) is 1. The molecule has 0 spiro atoms. The summed E-state index contributed by atoms with van der Waals surface area (Å²) in [6.45, 7) is 8.53. The van der Waals surface area contributed by atoms with Gasteiger partial charge in [0.25, 0.3) is 0 Å². The van der Waals surface area contributed by atoms with E-state index in [-0.39, 0.29) is 6.29 Å². The molecule has 1 aromatic carbocycles. The van der Waals surface area contributed by atoms with Gasteiger partial charge in [-0.3, -0.25) is 4.90 Å². The Hall–Kier alpha value is -1.10. The van der Waals surface area contributed by atoms with Crippen molar-refractivity contribution in [1.82, 2.24) is 4.90 Å². The van der Waals surface area contributed by atoms with Crippen LogP contribution in [0, 0.1) is 11.8 Å². The van der Waals surface area contributed by atoms with E-state index in [0.29, 0.717) is 23.6 Å². The summed E-state index contributed by atoms with van der Waals surface area (Å²) in [4.78, 5) is 2.59. The van der Waals surface area contributed by atoms with Crippen LogP contribution >= 0.6 is 0 Å². The van der Waals surface area contributed by atoms with Gasteiger partial charge in [0.1, 0.15) is 5.75 Å². The fraction of sp³-hybridized carbons (Fsp3) is 0.700. The second-order valence-electron chi connectivity index (χ2n) is 7.37. The normalized spacial score (nSPS) is 29.7. The number of piperidine rings is 1. The van der Waals surface area contributed by atoms with Crippen molar-refractivity contribution < 1.29 is 14.6 Å². The van der Waals surface area contributed by atoms with Crippen molar-refractivity contribution in [3.05, 3.63) is 29.8 Å². The Bertz CT molecular complexity index is 515. The van der Waals surface area contributed by atoms with Crippen LogP contribution in [0.1, 0.15) is 51.1 Å². The molecule has 0 amide bonds. The monoisotopic (exact) mass is 333 g/mol. The standard InChI is InChI=1S/C20H31NO3/c1-15-9-11-21(10-4-8-19-23-12-5-13-24-19)20(16(15)2)17-6-3-7-18(22)14-17/h3,6-7,14-16,19-20,22H,4-5,8-13H2,1-2H3/t15-,16+,20?/m0/s1. The quantitative estimate of drug-likeness (QED) is 0.886. The van der Waals surface area contributed by atoms with E-state index in [1.165, 1.54) is 12.0 Å². The van der Waals surface area contributed by atoms with Crippen molar-refractivity contribution in [2.45, 2.75) is 51.9 Å². The molecule has 0 aromatic heterocycles. The molecule has 4 nitrogen and oxygen atoms in total. The fourth-order valence-electron chi connectivity index (χ4n) is 4.05. The van der Waals surface area contributed by atoms with Crippen LogP contribution < -0.4 is 0 Å². The zero-order valence-electron chi connectivity index (χ0n) is 15.0. The Kier molecular flexibility index (Phi) is 6.14. The molecule has 0 radical (unpaired) electrons. The second-order valence-corrected chi connectivity index (χ2v) is 7.37. The third-order valence-electron chi connectivity index (χ3n) is 5.65. The topological polar surface area (TPSA) is 41.9 Å². The molecule has 24 heavy (non-hydrogen) atoms. The molecule has 2 fully saturated rings. The van der Waals surface area contributed by atoms with Crippen LogP contribution in [0.5, 0.6) is 5.75 Å². The van der Waals surface area contributed by atoms with E-state index < -0.39 is 0 Å². The summed E-state index contributed by atoms with van der Waals surface area (Å²) in [5.74, 6) is 1.66. The van der Waals surface area contributed by atoms with Crippen LogP contribution in [0.25, 0.3) is 0 Å². The average Bonchev–Trinajstić information content (AvgIpc) is 2.59. The number of aromatic hydroxyl groups is 1. The van der Waals surface area contributed by atoms with Crippen LogP contribution in [0.2, 0.25) is 0 Å².